The van der Waals surface area contributed by atoms with Crippen LogP contribution >= 0.6 is 0 Å². The van der Waals surface area contributed by atoms with Gasteiger partial charge in [-0.15, -0.1) is 0 Å². The van der Waals surface area contributed by atoms with Crippen LogP contribution in [0.4, 0.5) is 10.6 Å². The third-order valence-electron chi connectivity index (χ3n) is 6.71. The number of benzene rings is 1. The summed E-state index contributed by atoms with van der Waals surface area (Å²) in [6.07, 6.45) is 4.19. The van der Waals surface area contributed by atoms with E-state index in [1.54, 1.807) is 4.57 Å². The lowest BCUT2D eigenvalue weighted by molar-refractivity contribution is -0.139. The monoisotopic (exact) mass is 521 g/mol. The van der Waals surface area contributed by atoms with Gasteiger partial charge in [-0.2, -0.15) is 0 Å². The molecule has 4 heterocycles. The van der Waals surface area contributed by atoms with Crippen LogP contribution in [0.5, 0.6) is 0 Å². The number of alkyl carbamates (subject to hydrolysis) is 1. The molecule has 13 nitrogen and oxygen atoms in total. The first kappa shape index (κ1) is 25.2. The summed E-state index contributed by atoms with van der Waals surface area (Å²) in [6, 6.07) is 7.94. The molecule has 0 aliphatic carbocycles. The first-order valence-corrected chi connectivity index (χ1v) is 12.7. The van der Waals surface area contributed by atoms with Crippen molar-refractivity contribution < 1.29 is 19.4 Å². The zero-order valence-corrected chi connectivity index (χ0v) is 20.9. The minimum absolute atomic E-state index is 0.0436. The van der Waals surface area contributed by atoms with E-state index in [0.717, 1.165) is 62.9 Å². The minimum atomic E-state index is -1.23. The number of aromatic nitrogens is 4. The predicted octanol–water partition coefficient (Wildman–Crippen LogP) is 0.971. The van der Waals surface area contributed by atoms with Crippen LogP contribution in [0.3, 0.4) is 0 Å². The molecule has 200 valence electrons. The summed E-state index contributed by atoms with van der Waals surface area (Å²) < 4.78 is 6.80. The Labute approximate surface area is 219 Å². The van der Waals surface area contributed by atoms with Gasteiger partial charge in [0.2, 0.25) is 0 Å². The van der Waals surface area contributed by atoms with E-state index in [2.05, 4.69) is 40.8 Å². The maximum atomic E-state index is 12.3. The Bertz CT molecular complexity index is 1290. The molecule has 0 radical (unpaired) electrons. The number of imidazole rings is 1. The van der Waals surface area contributed by atoms with Crippen LogP contribution in [-0.4, -0.2) is 81.4 Å². The molecule has 13 heteroatoms. The van der Waals surface area contributed by atoms with Gasteiger partial charge in [0.1, 0.15) is 19.0 Å². The van der Waals surface area contributed by atoms with Gasteiger partial charge in [-0.1, -0.05) is 30.3 Å². The third kappa shape index (κ3) is 6.10. The SMILES string of the molecule is O=C(N[C@@H](Cn1cnc2c(N3CCC(CNC4=NCCN4)CC3)ncnc21)C(=O)O)OCc1ccccc1. The van der Waals surface area contributed by atoms with E-state index >= 15 is 0 Å². The Balaban J connectivity index is 1.19. The number of guanidine groups is 1. The van der Waals surface area contributed by atoms with Crippen molar-refractivity contribution in [2.45, 2.75) is 32.0 Å². The summed E-state index contributed by atoms with van der Waals surface area (Å²) in [4.78, 5) is 44.0. The van der Waals surface area contributed by atoms with Gasteiger partial charge in [-0.3, -0.25) is 4.99 Å². The van der Waals surface area contributed by atoms with Crippen LogP contribution in [0.1, 0.15) is 18.4 Å². The second-order valence-electron chi connectivity index (χ2n) is 9.33. The normalized spacial score (nSPS) is 16.5. The fraction of sp³-hybridized carbons (Fsp3) is 0.440. The smallest absolute Gasteiger partial charge is 0.408 e. The molecule has 1 fully saturated rings. The van der Waals surface area contributed by atoms with Crippen LogP contribution in [0.15, 0.2) is 48.0 Å². The summed E-state index contributed by atoms with van der Waals surface area (Å²) in [6.45, 7) is 4.23. The molecule has 0 bridgehead atoms. The molecule has 0 spiro atoms. The van der Waals surface area contributed by atoms with Gasteiger partial charge in [-0.05, 0) is 24.3 Å². The van der Waals surface area contributed by atoms with Crippen LogP contribution < -0.4 is 20.9 Å². The van der Waals surface area contributed by atoms with Crippen LogP contribution in [-0.2, 0) is 22.7 Å². The van der Waals surface area contributed by atoms with Gasteiger partial charge >= 0.3 is 12.1 Å². The second-order valence-corrected chi connectivity index (χ2v) is 9.33. The quantitative estimate of drug-likeness (QED) is 0.320. The number of rotatable bonds is 9. The molecule has 1 saturated heterocycles. The van der Waals surface area contributed by atoms with Crippen molar-refractivity contribution in [2.24, 2.45) is 10.9 Å². The number of anilines is 1. The summed E-state index contributed by atoms with van der Waals surface area (Å²) in [5.74, 6) is 0.959. The fourth-order valence-electron chi connectivity index (χ4n) is 4.63. The molecule has 1 atom stereocenters. The lowest BCUT2D eigenvalue weighted by atomic mass is 9.97. The topological polar surface area (TPSA) is 159 Å². The third-order valence-corrected chi connectivity index (χ3v) is 6.71. The number of carbonyl (C=O) groups is 2. The maximum Gasteiger partial charge on any atom is 0.408 e. The molecule has 1 aromatic carbocycles. The lowest BCUT2D eigenvalue weighted by Crippen LogP contribution is -2.43. The Kier molecular flexibility index (Phi) is 7.81. The Morgan fingerprint density at radius 2 is 1.97 bits per heavy atom. The van der Waals surface area contributed by atoms with Gasteiger partial charge < -0.3 is 35.3 Å². The molecule has 0 unspecified atom stereocenters. The Morgan fingerprint density at radius 1 is 1.16 bits per heavy atom. The number of carbonyl (C=O) groups excluding carboxylic acids is 1. The molecule has 2 aliphatic rings. The van der Waals surface area contributed by atoms with Gasteiger partial charge in [0, 0.05) is 26.2 Å². The first-order chi connectivity index (χ1) is 18.6. The number of ether oxygens (including phenoxy) is 1. The van der Waals surface area contributed by atoms with E-state index in [1.807, 2.05) is 30.3 Å². The number of piperidine rings is 1. The van der Waals surface area contributed by atoms with Crippen molar-refractivity contribution in [1.29, 1.82) is 0 Å². The van der Waals surface area contributed by atoms with Crippen molar-refractivity contribution in [3.05, 3.63) is 48.5 Å². The van der Waals surface area contributed by atoms with Crippen molar-refractivity contribution in [3.8, 4) is 0 Å². The zero-order valence-electron chi connectivity index (χ0n) is 20.9. The summed E-state index contributed by atoms with van der Waals surface area (Å²) in [5, 5.41) is 18.8. The zero-order chi connectivity index (χ0) is 26.3. The molecule has 2 aliphatic heterocycles. The number of nitrogens with one attached hydrogen (secondary N) is 3. The summed E-state index contributed by atoms with van der Waals surface area (Å²) >= 11 is 0. The molecule has 4 N–H and O–H groups in total. The van der Waals surface area contributed by atoms with Crippen molar-refractivity contribution in [3.63, 3.8) is 0 Å². The van der Waals surface area contributed by atoms with E-state index in [9.17, 15) is 14.7 Å². The van der Waals surface area contributed by atoms with Crippen molar-refractivity contribution >= 4 is 35.0 Å². The molecular formula is C25H31N9O4. The standard InChI is InChI=1S/C25H31N9O4/c35-23(36)19(32-25(37)38-14-18-4-2-1-3-5-18)13-34-16-31-20-21(29-15-30-22(20)34)33-10-6-17(7-11-33)12-28-24-26-8-9-27-24/h1-5,15-17,19H,6-14H2,(H,32,37)(H,35,36)(H2,26,27,28)/t19-/m0/s1. The lowest BCUT2D eigenvalue weighted by Gasteiger charge is -2.33. The number of nitrogens with zero attached hydrogens (tertiary/aromatic N) is 6. The molecule has 3 aromatic rings. The first-order valence-electron chi connectivity index (χ1n) is 12.7. The number of carboxylic acid groups (broad SMARTS) is 1. The highest BCUT2D eigenvalue weighted by Gasteiger charge is 2.26. The highest BCUT2D eigenvalue weighted by atomic mass is 16.5. The highest BCUT2D eigenvalue weighted by Crippen LogP contribution is 2.26. The van der Waals surface area contributed by atoms with Gasteiger partial charge in [-0.25, -0.2) is 24.5 Å². The number of carboxylic acids is 1. The molecule has 5 rings (SSSR count). The number of aliphatic carboxylic acids is 1. The van der Waals surface area contributed by atoms with Crippen LogP contribution in [0.2, 0.25) is 0 Å². The van der Waals surface area contributed by atoms with Crippen molar-refractivity contribution in [1.82, 2.24) is 35.5 Å². The number of amides is 1. The Hall–Kier alpha value is -4.42. The number of aliphatic imine (C=N–C) groups is 1. The maximum absolute atomic E-state index is 12.3. The molecule has 1 amide bonds. The van der Waals surface area contributed by atoms with E-state index in [0.29, 0.717) is 17.1 Å². The average Bonchev–Trinajstić information content (AvgIpc) is 3.61. The minimum Gasteiger partial charge on any atom is -0.480 e. The van der Waals surface area contributed by atoms with E-state index in [1.165, 1.54) is 12.7 Å². The molecule has 38 heavy (non-hydrogen) atoms. The number of fused-ring (bicyclic) bond motifs is 1. The van der Waals surface area contributed by atoms with Gasteiger partial charge in [0.05, 0.1) is 19.4 Å². The predicted molar refractivity (Wildman–Crippen MR) is 140 cm³/mol. The number of hydrogen-bond donors (Lipinski definition) is 4. The average molecular weight is 522 g/mol. The van der Waals surface area contributed by atoms with Crippen LogP contribution in [0, 0.1) is 5.92 Å². The second kappa shape index (κ2) is 11.8. The van der Waals surface area contributed by atoms with Gasteiger partial charge in [0.25, 0.3) is 0 Å². The molecule has 2 aromatic heterocycles. The summed E-state index contributed by atoms with van der Waals surface area (Å²) in [5.41, 5.74) is 1.92. The fourth-order valence-corrected chi connectivity index (χ4v) is 4.63. The highest BCUT2D eigenvalue weighted by molar-refractivity contribution is 5.84. The Morgan fingerprint density at radius 3 is 2.71 bits per heavy atom. The molecular weight excluding hydrogens is 490 g/mol. The number of hydrogen-bond acceptors (Lipinski definition) is 10. The largest absolute Gasteiger partial charge is 0.480 e. The van der Waals surface area contributed by atoms with E-state index in [-0.39, 0.29) is 13.2 Å². The van der Waals surface area contributed by atoms with E-state index < -0.39 is 18.1 Å². The van der Waals surface area contributed by atoms with Gasteiger partial charge in [0.15, 0.2) is 22.9 Å². The molecule has 0 saturated carbocycles. The summed E-state index contributed by atoms with van der Waals surface area (Å²) in [7, 11) is 0. The van der Waals surface area contributed by atoms with Crippen LogP contribution in [0.25, 0.3) is 11.2 Å². The van der Waals surface area contributed by atoms with Crippen molar-refractivity contribution in [2.75, 3.05) is 37.6 Å². The van der Waals surface area contributed by atoms with E-state index in [4.69, 9.17) is 4.74 Å².